The van der Waals surface area contributed by atoms with Crippen LogP contribution >= 0.6 is 11.8 Å². The molecule has 4 nitrogen and oxygen atoms in total. The third-order valence-corrected chi connectivity index (χ3v) is 5.50. The van der Waals surface area contributed by atoms with Gasteiger partial charge >= 0.3 is 6.03 Å². The van der Waals surface area contributed by atoms with E-state index in [-0.39, 0.29) is 6.03 Å². The van der Waals surface area contributed by atoms with E-state index in [0.717, 1.165) is 39.0 Å². The van der Waals surface area contributed by atoms with Crippen LogP contribution in [-0.2, 0) is 6.54 Å². The van der Waals surface area contributed by atoms with Crippen LogP contribution in [0.2, 0.25) is 0 Å². The highest BCUT2D eigenvalue weighted by atomic mass is 32.2. The summed E-state index contributed by atoms with van der Waals surface area (Å²) in [4.78, 5) is 14.4. The van der Waals surface area contributed by atoms with Gasteiger partial charge in [-0.05, 0) is 37.1 Å². The van der Waals surface area contributed by atoms with Gasteiger partial charge < -0.3 is 10.6 Å². The average Bonchev–Trinajstić information content (AvgIpc) is 2.56. The van der Waals surface area contributed by atoms with E-state index in [1.54, 1.807) is 11.8 Å². The Morgan fingerprint density at radius 1 is 1.35 bits per heavy atom. The number of rotatable bonds is 6. The van der Waals surface area contributed by atoms with Gasteiger partial charge in [0, 0.05) is 37.5 Å². The van der Waals surface area contributed by atoms with Crippen LogP contribution in [0.1, 0.15) is 30.9 Å². The van der Waals surface area contributed by atoms with Gasteiger partial charge in [0.25, 0.3) is 0 Å². The Labute approximate surface area is 144 Å². The van der Waals surface area contributed by atoms with Gasteiger partial charge in [0.15, 0.2) is 0 Å². The molecule has 2 N–H and O–H groups in total. The molecule has 1 aliphatic heterocycles. The number of amides is 2. The summed E-state index contributed by atoms with van der Waals surface area (Å²) in [6.45, 7) is 8.11. The fraction of sp³-hybridized carbons (Fsp3) is 0.611. The Morgan fingerprint density at radius 2 is 2.04 bits per heavy atom. The molecule has 0 aromatic heterocycles. The summed E-state index contributed by atoms with van der Waals surface area (Å²) in [5, 5.41) is 6.52. The number of urea groups is 1. The van der Waals surface area contributed by atoms with E-state index in [2.05, 4.69) is 59.9 Å². The second-order valence-corrected chi connectivity index (χ2v) is 7.65. The first-order valence-corrected chi connectivity index (χ1v) is 9.71. The molecule has 1 unspecified atom stereocenters. The Balaban J connectivity index is 1.69. The molecule has 1 heterocycles. The molecule has 1 aromatic rings. The van der Waals surface area contributed by atoms with Gasteiger partial charge in [0.05, 0.1) is 0 Å². The number of hydrogen-bond acceptors (Lipinski definition) is 3. The van der Waals surface area contributed by atoms with Gasteiger partial charge in [0.1, 0.15) is 0 Å². The zero-order chi connectivity index (χ0) is 16.7. The summed E-state index contributed by atoms with van der Waals surface area (Å²) < 4.78 is 0. The van der Waals surface area contributed by atoms with Gasteiger partial charge in [0.2, 0.25) is 0 Å². The van der Waals surface area contributed by atoms with Crippen LogP contribution < -0.4 is 10.6 Å². The second-order valence-electron chi connectivity index (χ2n) is 6.38. The SMILES string of the molecule is CSC(C)CNC(=O)NC1CCN(Cc2ccccc2C)CC1. The first-order valence-electron chi connectivity index (χ1n) is 8.42. The number of nitrogens with zero attached hydrogens (tertiary/aromatic N) is 1. The minimum absolute atomic E-state index is 0.0248. The molecule has 1 aliphatic rings. The maximum atomic E-state index is 11.9. The van der Waals surface area contributed by atoms with E-state index in [9.17, 15) is 4.79 Å². The zero-order valence-electron chi connectivity index (χ0n) is 14.5. The highest BCUT2D eigenvalue weighted by Gasteiger charge is 2.21. The predicted octanol–water partition coefficient (Wildman–Crippen LogP) is 3.01. The van der Waals surface area contributed by atoms with E-state index < -0.39 is 0 Å². The van der Waals surface area contributed by atoms with E-state index >= 15 is 0 Å². The van der Waals surface area contributed by atoms with E-state index in [0.29, 0.717) is 11.3 Å². The molecule has 2 amide bonds. The van der Waals surface area contributed by atoms with Crippen molar-refractivity contribution < 1.29 is 4.79 Å². The minimum Gasteiger partial charge on any atom is -0.337 e. The number of piperidine rings is 1. The van der Waals surface area contributed by atoms with Gasteiger partial charge in [-0.25, -0.2) is 4.79 Å². The summed E-state index contributed by atoms with van der Waals surface area (Å²) >= 11 is 1.77. The van der Waals surface area contributed by atoms with Crippen LogP contribution in [0.3, 0.4) is 0 Å². The Hall–Kier alpha value is -1.20. The number of carbonyl (C=O) groups is 1. The van der Waals surface area contributed by atoms with Crippen LogP contribution in [-0.4, -0.2) is 48.1 Å². The largest absolute Gasteiger partial charge is 0.337 e. The Bertz CT molecular complexity index is 501. The molecule has 0 spiro atoms. The molecular formula is C18H29N3OS. The molecule has 128 valence electrons. The van der Waals surface area contributed by atoms with Crippen molar-refractivity contribution in [2.75, 3.05) is 25.9 Å². The maximum Gasteiger partial charge on any atom is 0.315 e. The molecule has 0 aliphatic carbocycles. The second kappa shape index (κ2) is 9.18. The topological polar surface area (TPSA) is 44.4 Å². The molecule has 0 radical (unpaired) electrons. The van der Waals surface area contributed by atoms with Crippen LogP contribution in [0.15, 0.2) is 24.3 Å². The fourth-order valence-electron chi connectivity index (χ4n) is 2.82. The maximum absolute atomic E-state index is 11.9. The average molecular weight is 336 g/mol. The molecule has 0 bridgehead atoms. The summed E-state index contributed by atoms with van der Waals surface area (Å²) in [6, 6.07) is 8.85. The summed E-state index contributed by atoms with van der Waals surface area (Å²) in [5.41, 5.74) is 2.76. The van der Waals surface area contributed by atoms with Crippen molar-refractivity contribution in [1.29, 1.82) is 0 Å². The van der Waals surface area contributed by atoms with Crippen LogP contribution in [0.4, 0.5) is 4.79 Å². The number of hydrogen-bond donors (Lipinski definition) is 2. The number of nitrogens with one attached hydrogen (secondary N) is 2. The van der Waals surface area contributed by atoms with Crippen molar-refractivity contribution in [3.63, 3.8) is 0 Å². The van der Waals surface area contributed by atoms with E-state index in [4.69, 9.17) is 0 Å². The fourth-order valence-corrected chi connectivity index (χ4v) is 3.07. The van der Waals surface area contributed by atoms with E-state index in [1.165, 1.54) is 11.1 Å². The molecule has 1 saturated heterocycles. The molecule has 2 rings (SSSR count). The lowest BCUT2D eigenvalue weighted by Gasteiger charge is -2.32. The molecular weight excluding hydrogens is 306 g/mol. The molecule has 5 heteroatoms. The third kappa shape index (κ3) is 6.07. The van der Waals surface area contributed by atoms with Gasteiger partial charge in [-0.3, -0.25) is 4.90 Å². The van der Waals surface area contributed by atoms with Crippen LogP contribution in [0.25, 0.3) is 0 Å². The molecule has 1 atom stereocenters. The molecule has 1 aromatic carbocycles. The number of carbonyl (C=O) groups excluding carboxylic acids is 1. The van der Waals surface area contributed by atoms with Crippen molar-refractivity contribution >= 4 is 17.8 Å². The van der Waals surface area contributed by atoms with Crippen molar-refractivity contribution in [1.82, 2.24) is 15.5 Å². The number of likely N-dealkylation sites (tertiary alicyclic amines) is 1. The van der Waals surface area contributed by atoms with Crippen LogP contribution in [0.5, 0.6) is 0 Å². The summed E-state index contributed by atoms with van der Waals surface area (Å²) in [7, 11) is 0. The number of thioether (sulfide) groups is 1. The highest BCUT2D eigenvalue weighted by Crippen LogP contribution is 2.16. The van der Waals surface area contributed by atoms with Gasteiger partial charge in [-0.1, -0.05) is 31.2 Å². The Kier molecular flexibility index (Phi) is 7.24. The van der Waals surface area contributed by atoms with Gasteiger partial charge in [-0.15, -0.1) is 0 Å². The molecule has 0 saturated carbocycles. The van der Waals surface area contributed by atoms with Crippen molar-refractivity contribution in [2.24, 2.45) is 0 Å². The quantitative estimate of drug-likeness (QED) is 0.840. The molecule has 1 fully saturated rings. The van der Waals surface area contributed by atoms with Crippen LogP contribution in [0, 0.1) is 6.92 Å². The smallest absolute Gasteiger partial charge is 0.315 e. The van der Waals surface area contributed by atoms with Crippen molar-refractivity contribution in [2.45, 2.75) is 44.5 Å². The van der Waals surface area contributed by atoms with Crippen molar-refractivity contribution in [3.05, 3.63) is 35.4 Å². The Morgan fingerprint density at radius 3 is 2.70 bits per heavy atom. The molecule has 23 heavy (non-hydrogen) atoms. The van der Waals surface area contributed by atoms with Gasteiger partial charge in [-0.2, -0.15) is 11.8 Å². The number of benzene rings is 1. The zero-order valence-corrected chi connectivity index (χ0v) is 15.3. The summed E-state index contributed by atoms with van der Waals surface area (Å²) in [5.74, 6) is 0. The number of aryl methyl sites for hydroxylation is 1. The normalized spacial score (nSPS) is 17.7. The lowest BCUT2D eigenvalue weighted by Crippen LogP contribution is -2.48. The highest BCUT2D eigenvalue weighted by molar-refractivity contribution is 7.99. The summed E-state index contributed by atoms with van der Waals surface area (Å²) in [6.07, 6.45) is 4.11. The van der Waals surface area contributed by atoms with E-state index in [1.807, 2.05) is 0 Å². The predicted molar refractivity (Wildman–Crippen MR) is 99.0 cm³/mol. The third-order valence-electron chi connectivity index (χ3n) is 4.53. The lowest BCUT2D eigenvalue weighted by molar-refractivity contribution is 0.186. The first-order chi connectivity index (χ1) is 11.1. The van der Waals surface area contributed by atoms with Crippen molar-refractivity contribution in [3.8, 4) is 0 Å². The monoisotopic (exact) mass is 335 g/mol. The first kappa shape index (κ1) is 18.1. The minimum atomic E-state index is -0.0248. The lowest BCUT2D eigenvalue weighted by atomic mass is 10.0. The standard InChI is InChI=1S/C18H29N3OS/c1-14-6-4-5-7-16(14)13-21-10-8-17(9-11-21)20-18(22)19-12-15(2)23-3/h4-7,15,17H,8-13H2,1-3H3,(H2,19,20,22).